The maximum absolute atomic E-state index is 14.4. The number of hydrogen-bond acceptors (Lipinski definition) is 5. The number of hydrogen-bond donors (Lipinski definition) is 1. The number of aryl methyl sites for hydroxylation is 1. The Kier molecular flexibility index (Phi) is 7.76. The predicted octanol–water partition coefficient (Wildman–Crippen LogP) is 5.50. The van der Waals surface area contributed by atoms with Crippen LogP contribution >= 0.6 is 11.8 Å². The number of halogens is 1. The second-order valence-corrected chi connectivity index (χ2v) is 12.0. The Hall–Kier alpha value is -3.98. The summed E-state index contributed by atoms with van der Waals surface area (Å²) in [5.41, 5.74) is 4.64. The predicted molar refractivity (Wildman–Crippen MR) is 156 cm³/mol. The van der Waals surface area contributed by atoms with Gasteiger partial charge >= 0.3 is 0 Å². The van der Waals surface area contributed by atoms with Crippen LogP contribution in [0.25, 0.3) is 5.69 Å². The van der Waals surface area contributed by atoms with Crippen LogP contribution in [0.15, 0.2) is 73.1 Å². The van der Waals surface area contributed by atoms with Gasteiger partial charge < -0.3 is 5.32 Å². The van der Waals surface area contributed by atoms with Gasteiger partial charge in [0.05, 0.1) is 22.4 Å². The van der Waals surface area contributed by atoms with Crippen molar-refractivity contribution in [2.24, 2.45) is 0 Å². The first-order valence-corrected chi connectivity index (χ1v) is 14.2. The van der Waals surface area contributed by atoms with Gasteiger partial charge in [0.1, 0.15) is 18.2 Å². The van der Waals surface area contributed by atoms with Crippen molar-refractivity contribution in [3.05, 3.63) is 107 Å². The standard InChI is InChI=1S/C31H32FN5O2S/c1-20-8-5-12-24(14-20)37-30-27(29(35-37)31(2,3)4)28(22-10-6-11-23(32)15-22)40-19-26(39)36(30)18-25(38)34-17-21-9-7-13-33-16-21/h5-16,28H,17-19H2,1-4H3,(H,34,38)/t28-/m0/s1. The van der Waals surface area contributed by atoms with E-state index in [4.69, 9.17) is 5.10 Å². The van der Waals surface area contributed by atoms with Crippen LogP contribution in [-0.2, 0) is 21.5 Å². The zero-order valence-corrected chi connectivity index (χ0v) is 23.8. The molecule has 1 aliphatic heterocycles. The summed E-state index contributed by atoms with van der Waals surface area (Å²) in [6, 6.07) is 18.1. The normalized spacial score (nSPS) is 15.5. The smallest absolute Gasteiger partial charge is 0.240 e. The lowest BCUT2D eigenvalue weighted by molar-refractivity contribution is -0.123. The molecule has 2 amide bonds. The molecule has 206 valence electrons. The summed E-state index contributed by atoms with van der Waals surface area (Å²) < 4.78 is 16.2. The fraction of sp³-hybridized carbons (Fsp3) is 0.290. The third-order valence-electron chi connectivity index (χ3n) is 6.71. The van der Waals surface area contributed by atoms with Crippen LogP contribution in [0, 0.1) is 12.7 Å². The number of aromatic nitrogens is 3. The Bertz CT molecular complexity index is 1550. The molecule has 0 saturated carbocycles. The van der Waals surface area contributed by atoms with E-state index in [-0.39, 0.29) is 35.2 Å². The second-order valence-electron chi connectivity index (χ2n) is 11.0. The molecule has 1 aliphatic rings. The molecule has 0 aliphatic carbocycles. The maximum atomic E-state index is 14.4. The number of nitrogens with zero attached hydrogens (tertiary/aromatic N) is 4. The number of amides is 2. The zero-order valence-electron chi connectivity index (χ0n) is 23.0. The fourth-order valence-corrected chi connectivity index (χ4v) is 6.04. The van der Waals surface area contributed by atoms with Crippen LogP contribution in [0.1, 0.15) is 54.0 Å². The van der Waals surface area contributed by atoms with E-state index in [9.17, 15) is 14.0 Å². The molecule has 0 bridgehead atoms. The van der Waals surface area contributed by atoms with Gasteiger partial charge in [0.25, 0.3) is 0 Å². The van der Waals surface area contributed by atoms with Crippen molar-refractivity contribution < 1.29 is 14.0 Å². The molecule has 0 saturated heterocycles. The van der Waals surface area contributed by atoms with E-state index in [0.717, 1.165) is 33.6 Å². The van der Waals surface area contributed by atoms with Crippen LogP contribution in [0.5, 0.6) is 0 Å². The number of fused-ring (bicyclic) bond motifs is 1. The van der Waals surface area contributed by atoms with Crippen molar-refractivity contribution in [2.45, 2.75) is 44.9 Å². The number of carbonyl (C=O) groups is 2. The molecule has 1 atom stereocenters. The van der Waals surface area contributed by atoms with Gasteiger partial charge in [-0.1, -0.05) is 51.1 Å². The van der Waals surface area contributed by atoms with E-state index < -0.39 is 5.41 Å². The van der Waals surface area contributed by atoms with Crippen molar-refractivity contribution in [1.29, 1.82) is 0 Å². The quantitative estimate of drug-likeness (QED) is 0.339. The van der Waals surface area contributed by atoms with E-state index in [1.807, 2.05) is 49.4 Å². The molecule has 0 radical (unpaired) electrons. The summed E-state index contributed by atoms with van der Waals surface area (Å²) in [5.74, 6) is -0.187. The molecule has 40 heavy (non-hydrogen) atoms. The van der Waals surface area contributed by atoms with Crippen molar-refractivity contribution in [3.8, 4) is 5.69 Å². The minimum atomic E-state index is -0.396. The molecule has 0 unspecified atom stereocenters. The first kappa shape index (κ1) is 27.6. The van der Waals surface area contributed by atoms with Crippen molar-refractivity contribution in [3.63, 3.8) is 0 Å². The summed E-state index contributed by atoms with van der Waals surface area (Å²) in [5, 5.41) is 7.63. The first-order chi connectivity index (χ1) is 19.1. The highest BCUT2D eigenvalue weighted by molar-refractivity contribution is 8.00. The molecule has 7 nitrogen and oxygen atoms in total. The lowest BCUT2D eigenvalue weighted by Gasteiger charge is -2.24. The SMILES string of the molecule is Cc1cccc(-n2nc(C(C)(C)C)c3c2N(CC(=O)NCc2cccnc2)C(=O)CS[C@H]3c2cccc(F)c2)c1. The minimum absolute atomic E-state index is 0.128. The van der Waals surface area contributed by atoms with Crippen molar-refractivity contribution in [2.75, 3.05) is 17.2 Å². The fourth-order valence-electron chi connectivity index (χ4n) is 4.85. The molecule has 5 rings (SSSR count). The highest BCUT2D eigenvalue weighted by atomic mass is 32.2. The minimum Gasteiger partial charge on any atom is -0.350 e. The van der Waals surface area contributed by atoms with Crippen LogP contribution in [0.4, 0.5) is 10.2 Å². The van der Waals surface area contributed by atoms with Crippen LogP contribution in [0.2, 0.25) is 0 Å². The summed E-state index contributed by atoms with van der Waals surface area (Å²) >= 11 is 1.43. The average molecular weight is 558 g/mol. The van der Waals surface area contributed by atoms with E-state index >= 15 is 0 Å². The number of nitrogens with one attached hydrogen (secondary N) is 1. The number of pyridine rings is 1. The third-order valence-corrected chi connectivity index (χ3v) is 7.97. The summed E-state index contributed by atoms with van der Waals surface area (Å²) in [4.78, 5) is 32.6. The Morgan fingerprint density at radius 2 is 1.93 bits per heavy atom. The molecule has 1 N–H and O–H groups in total. The third kappa shape index (κ3) is 5.79. The Balaban J connectivity index is 1.66. The highest BCUT2D eigenvalue weighted by Gasteiger charge is 2.40. The largest absolute Gasteiger partial charge is 0.350 e. The van der Waals surface area contributed by atoms with E-state index in [2.05, 4.69) is 31.1 Å². The Morgan fingerprint density at radius 1 is 1.12 bits per heavy atom. The molecule has 2 aromatic heterocycles. The van der Waals surface area contributed by atoms with Crippen LogP contribution < -0.4 is 10.2 Å². The number of benzene rings is 2. The van der Waals surface area contributed by atoms with Gasteiger partial charge in [-0.05, 0) is 53.9 Å². The van der Waals surface area contributed by atoms with Gasteiger partial charge in [0.2, 0.25) is 11.8 Å². The summed E-state index contributed by atoms with van der Waals surface area (Å²) in [6.45, 7) is 8.33. The van der Waals surface area contributed by atoms with Gasteiger partial charge in [0.15, 0.2) is 0 Å². The number of anilines is 1. The van der Waals surface area contributed by atoms with Crippen molar-refractivity contribution in [1.82, 2.24) is 20.1 Å². The van der Waals surface area contributed by atoms with Gasteiger partial charge in [-0.2, -0.15) is 5.10 Å². The monoisotopic (exact) mass is 557 g/mol. The van der Waals surface area contributed by atoms with E-state index in [1.165, 1.54) is 28.8 Å². The van der Waals surface area contributed by atoms with Gasteiger partial charge in [-0.3, -0.25) is 19.5 Å². The number of rotatable bonds is 6. The second kappa shape index (κ2) is 11.3. The average Bonchev–Trinajstić information content (AvgIpc) is 3.26. The molecular weight excluding hydrogens is 525 g/mol. The van der Waals surface area contributed by atoms with Crippen LogP contribution in [-0.4, -0.2) is 38.9 Å². The number of thioether (sulfide) groups is 1. The molecular formula is C31H32FN5O2S. The van der Waals surface area contributed by atoms with E-state index in [0.29, 0.717) is 12.4 Å². The van der Waals surface area contributed by atoms with Crippen LogP contribution in [0.3, 0.4) is 0 Å². The summed E-state index contributed by atoms with van der Waals surface area (Å²) in [6.07, 6.45) is 3.37. The topological polar surface area (TPSA) is 80.1 Å². The van der Waals surface area contributed by atoms with Crippen molar-refractivity contribution >= 4 is 29.4 Å². The zero-order chi connectivity index (χ0) is 28.4. The van der Waals surface area contributed by atoms with Gasteiger partial charge in [0, 0.05) is 29.9 Å². The molecule has 4 aromatic rings. The van der Waals surface area contributed by atoms with Gasteiger partial charge in [-0.25, -0.2) is 9.07 Å². The van der Waals surface area contributed by atoms with Gasteiger partial charge in [-0.15, -0.1) is 11.8 Å². The highest BCUT2D eigenvalue weighted by Crippen LogP contribution is 2.48. The lowest BCUT2D eigenvalue weighted by atomic mass is 9.87. The molecule has 3 heterocycles. The lowest BCUT2D eigenvalue weighted by Crippen LogP contribution is -2.42. The summed E-state index contributed by atoms with van der Waals surface area (Å²) in [7, 11) is 0. The molecule has 0 fully saturated rings. The Labute approximate surface area is 237 Å². The first-order valence-electron chi connectivity index (χ1n) is 13.2. The molecule has 9 heteroatoms. The molecule has 0 spiro atoms. The maximum Gasteiger partial charge on any atom is 0.240 e. The number of carbonyl (C=O) groups excluding carboxylic acids is 2. The molecule has 2 aromatic carbocycles. The Morgan fingerprint density at radius 3 is 2.62 bits per heavy atom. The van der Waals surface area contributed by atoms with E-state index in [1.54, 1.807) is 23.1 Å².